The van der Waals surface area contributed by atoms with Gasteiger partial charge in [0.2, 0.25) is 17.8 Å². The summed E-state index contributed by atoms with van der Waals surface area (Å²) in [4.78, 5) is 42.3. The average Bonchev–Trinajstić information content (AvgIpc) is 2.84. The van der Waals surface area contributed by atoms with Gasteiger partial charge < -0.3 is 15.1 Å². The van der Waals surface area contributed by atoms with Gasteiger partial charge in [-0.15, -0.1) is 0 Å². The van der Waals surface area contributed by atoms with E-state index in [-0.39, 0.29) is 18.5 Å². The van der Waals surface area contributed by atoms with Crippen LogP contribution in [0.25, 0.3) is 0 Å². The number of rotatable bonds is 5. The Balaban J connectivity index is 1.81. The third kappa shape index (κ3) is 3.08. The summed E-state index contributed by atoms with van der Waals surface area (Å²) in [5.41, 5.74) is 0.820. The van der Waals surface area contributed by atoms with Crippen molar-refractivity contribution in [2.45, 2.75) is 0 Å². The zero-order valence-electron chi connectivity index (χ0n) is 14.5. The van der Waals surface area contributed by atoms with Crippen LogP contribution in [-0.2, 0) is 0 Å². The normalized spacial score (nSPS) is 13.0. The minimum atomic E-state index is -0.331. The van der Waals surface area contributed by atoms with E-state index in [1.54, 1.807) is 34.1 Å². The van der Waals surface area contributed by atoms with Gasteiger partial charge in [0.25, 0.3) is 11.8 Å². The monoisotopic (exact) mass is 341 g/mol. The van der Waals surface area contributed by atoms with Gasteiger partial charge in [0.05, 0.1) is 11.1 Å². The Morgan fingerprint density at radius 1 is 0.880 bits per heavy atom. The van der Waals surface area contributed by atoms with E-state index in [9.17, 15) is 9.59 Å². The summed E-state index contributed by atoms with van der Waals surface area (Å²) in [7, 11) is 7.29. The van der Waals surface area contributed by atoms with Gasteiger partial charge >= 0.3 is 0 Å². The average molecular weight is 341 g/mol. The number of anilines is 3. The highest BCUT2D eigenvalue weighted by Gasteiger charge is 2.34. The molecule has 0 unspecified atom stereocenters. The third-order valence-corrected chi connectivity index (χ3v) is 3.69. The van der Waals surface area contributed by atoms with Crippen molar-refractivity contribution in [2.24, 2.45) is 0 Å². The van der Waals surface area contributed by atoms with Gasteiger partial charge in [-0.05, 0) is 12.1 Å². The number of fused-ring (bicyclic) bond motifs is 1. The fourth-order valence-corrected chi connectivity index (χ4v) is 2.37. The summed E-state index contributed by atoms with van der Waals surface area (Å²) < 4.78 is 0. The summed E-state index contributed by atoms with van der Waals surface area (Å²) in [6.45, 7) is -0.0178. The highest BCUT2D eigenvalue weighted by atomic mass is 16.2. The van der Waals surface area contributed by atoms with Crippen molar-refractivity contribution in [3.8, 4) is 0 Å². The van der Waals surface area contributed by atoms with E-state index in [1.165, 1.54) is 0 Å². The maximum Gasteiger partial charge on any atom is 0.263 e. The van der Waals surface area contributed by atoms with Crippen LogP contribution in [0.5, 0.6) is 0 Å². The van der Waals surface area contributed by atoms with E-state index in [4.69, 9.17) is 0 Å². The summed E-state index contributed by atoms with van der Waals surface area (Å²) in [5.74, 6) is 0.580. The molecule has 1 aliphatic rings. The van der Waals surface area contributed by atoms with Gasteiger partial charge in [0.15, 0.2) is 0 Å². The smallest absolute Gasteiger partial charge is 0.263 e. The maximum absolute atomic E-state index is 12.4. The molecule has 3 rings (SSSR count). The topological polar surface area (TPSA) is 94.6 Å². The zero-order chi connectivity index (χ0) is 18.1. The molecular weight excluding hydrogens is 322 g/mol. The summed E-state index contributed by atoms with van der Waals surface area (Å²) in [6, 6.07) is 6.76. The molecule has 0 saturated carbocycles. The molecule has 0 aliphatic carbocycles. The second-order valence-electron chi connectivity index (χ2n) is 5.97. The first-order valence-electron chi connectivity index (χ1n) is 7.68. The number of hydrogen-bond acceptors (Lipinski definition) is 8. The number of hydrogen-bond donors (Lipinski definition) is 1. The number of benzene rings is 1. The number of carbonyl (C=O) groups excluding carboxylic acids is 2. The molecule has 2 heterocycles. The van der Waals surface area contributed by atoms with Gasteiger partial charge in [0.1, 0.15) is 6.67 Å². The Bertz CT molecular complexity index is 774. The van der Waals surface area contributed by atoms with Crippen LogP contribution < -0.4 is 15.1 Å². The summed E-state index contributed by atoms with van der Waals surface area (Å²) >= 11 is 0. The lowest BCUT2D eigenvalue weighted by atomic mass is 10.1. The SMILES string of the molecule is CN(C)c1nc(NCN2C(=O)c3ccccc3C2=O)nc(N(C)C)n1. The van der Waals surface area contributed by atoms with E-state index in [0.717, 1.165) is 4.90 Å². The molecular formula is C16H19N7O2. The van der Waals surface area contributed by atoms with Gasteiger partial charge in [-0.1, -0.05) is 12.1 Å². The number of nitrogens with one attached hydrogen (secondary N) is 1. The molecule has 0 fully saturated rings. The molecule has 1 aromatic heterocycles. The highest BCUT2D eigenvalue weighted by Crippen LogP contribution is 2.22. The number of aromatic nitrogens is 3. The molecule has 9 heteroatoms. The lowest BCUT2D eigenvalue weighted by Gasteiger charge is -2.18. The molecule has 1 aromatic carbocycles. The van der Waals surface area contributed by atoms with Gasteiger partial charge in [-0.3, -0.25) is 14.5 Å². The molecule has 9 nitrogen and oxygen atoms in total. The van der Waals surface area contributed by atoms with E-state index in [1.807, 2.05) is 28.2 Å². The summed E-state index contributed by atoms with van der Waals surface area (Å²) in [6.07, 6.45) is 0. The summed E-state index contributed by atoms with van der Waals surface area (Å²) in [5, 5.41) is 2.94. The van der Waals surface area contributed by atoms with Crippen molar-refractivity contribution in [3.05, 3.63) is 35.4 Å². The number of amides is 2. The van der Waals surface area contributed by atoms with Crippen LogP contribution in [0.1, 0.15) is 20.7 Å². The molecule has 0 saturated heterocycles. The molecule has 0 atom stereocenters. The van der Waals surface area contributed by atoms with E-state index >= 15 is 0 Å². The second-order valence-corrected chi connectivity index (χ2v) is 5.97. The zero-order valence-corrected chi connectivity index (χ0v) is 14.5. The molecule has 2 aromatic rings. The molecule has 1 aliphatic heterocycles. The van der Waals surface area contributed by atoms with Crippen molar-refractivity contribution in [1.29, 1.82) is 0 Å². The van der Waals surface area contributed by atoms with Crippen molar-refractivity contribution in [2.75, 3.05) is 50.0 Å². The van der Waals surface area contributed by atoms with Crippen LogP contribution >= 0.6 is 0 Å². The lowest BCUT2D eigenvalue weighted by molar-refractivity contribution is 0.0665. The molecule has 0 spiro atoms. The standard InChI is InChI=1S/C16H19N7O2/c1-21(2)15-18-14(19-16(20-15)22(3)4)17-9-23-12(24)10-7-5-6-8-11(10)13(23)25/h5-8H,9H2,1-4H3,(H,17,18,19,20). The molecule has 25 heavy (non-hydrogen) atoms. The third-order valence-electron chi connectivity index (χ3n) is 3.69. The minimum absolute atomic E-state index is 0.0178. The number of nitrogens with zero attached hydrogens (tertiary/aromatic N) is 6. The van der Waals surface area contributed by atoms with Crippen molar-refractivity contribution in [1.82, 2.24) is 19.9 Å². The fraction of sp³-hybridized carbons (Fsp3) is 0.312. The quantitative estimate of drug-likeness (QED) is 0.793. The minimum Gasteiger partial charge on any atom is -0.347 e. The van der Waals surface area contributed by atoms with Gasteiger partial charge in [-0.25, -0.2) is 0 Å². The van der Waals surface area contributed by atoms with Gasteiger partial charge in [0, 0.05) is 28.2 Å². The molecule has 2 amide bonds. The predicted molar refractivity (Wildman–Crippen MR) is 93.9 cm³/mol. The Labute approximate surface area is 145 Å². The van der Waals surface area contributed by atoms with Gasteiger partial charge in [-0.2, -0.15) is 15.0 Å². The van der Waals surface area contributed by atoms with Crippen molar-refractivity contribution >= 4 is 29.7 Å². The Morgan fingerprint density at radius 2 is 1.36 bits per heavy atom. The van der Waals surface area contributed by atoms with E-state index < -0.39 is 0 Å². The van der Waals surface area contributed by atoms with Crippen LogP contribution in [0.15, 0.2) is 24.3 Å². The molecule has 130 valence electrons. The largest absolute Gasteiger partial charge is 0.347 e. The predicted octanol–water partition coefficient (Wildman–Crippen LogP) is 0.669. The molecule has 0 bridgehead atoms. The van der Waals surface area contributed by atoms with Crippen LogP contribution in [0.4, 0.5) is 17.8 Å². The first-order valence-corrected chi connectivity index (χ1v) is 7.68. The van der Waals surface area contributed by atoms with E-state index in [2.05, 4.69) is 20.3 Å². The molecule has 1 N–H and O–H groups in total. The fourth-order valence-electron chi connectivity index (χ4n) is 2.37. The number of imide groups is 1. The van der Waals surface area contributed by atoms with Crippen molar-refractivity contribution < 1.29 is 9.59 Å². The number of carbonyl (C=O) groups is 2. The van der Waals surface area contributed by atoms with E-state index in [0.29, 0.717) is 29.0 Å². The Kier molecular flexibility index (Phi) is 4.22. The van der Waals surface area contributed by atoms with Crippen LogP contribution in [0.3, 0.4) is 0 Å². The first kappa shape index (κ1) is 16.6. The second kappa shape index (κ2) is 6.34. The Hall–Kier alpha value is -3.23. The van der Waals surface area contributed by atoms with Crippen LogP contribution in [0, 0.1) is 0 Å². The van der Waals surface area contributed by atoms with Crippen LogP contribution in [-0.4, -0.2) is 66.5 Å². The highest BCUT2D eigenvalue weighted by molar-refractivity contribution is 6.21. The Morgan fingerprint density at radius 3 is 1.80 bits per heavy atom. The van der Waals surface area contributed by atoms with Crippen molar-refractivity contribution in [3.63, 3.8) is 0 Å². The maximum atomic E-state index is 12.4. The van der Waals surface area contributed by atoms with Crippen LogP contribution in [0.2, 0.25) is 0 Å². The molecule has 0 radical (unpaired) electrons. The first-order chi connectivity index (χ1) is 11.9. The lowest BCUT2D eigenvalue weighted by Crippen LogP contribution is -2.35.